The number of fused-ring (bicyclic) bond motifs is 5. The molecule has 1 aromatic heterocycles. The standard InChI is InChI=1S/C17H19NO3/c1-7-6-8(2)18-9(3)12(7)15-16(19)13-10-4-5-11(21-10)14(13)17(15)20/h6,10-11,13-15H,4-5H2,1-3H3/t10-,11+,13+,14-,15?. The van der Waals surface area contributed by atoms with Gasteiger partial charge in [-0.25, -0.2) is 0 Å². The third kappa shape index (κ3) is 1.62. The van der Waals surface area contributed by atoms with E-state index in [4.69, 9.17) is 4.74 Å². The first-order valence-electron chi connectivity index (χ1n) is 7.66. The van der Waals surface area contributed by atoms with Gasteiger partial charge in [-0.1, -0.05) is 0 Å². The molecule has 1 saturated carbocycles. The van der Waals surface area contributed by atoms with Crippen LogP contribution >= 0.6 is 0 Å². The highest BCUT2D eigenvalue weighted by Crippen LogP contribution is 2.52. The van der Waals surface area contributed by atoms with E-state index in [1.165, 1.54) is 0 Å². The molecule has 3 heterocycles. The van der Waals surface area contributed by atoms with Crippen molar-refractivity contribution < 1.29 is 14.3 Å². The molecule has 0 aromatic carbocycles. The lowest BCUT2D eigenvalue weighted by Gasteiger charge is -2.17. The zero-order valence-corrected chi connectivity index (χ0v) is 12.6. The van der Waals surface area contributed by atoms with E-state index in [0.29, 0.717) is 0 Å². The van der Waals surface area contributed by atoms with Crippen LogP contribution in [0.5, 0.6) is 0 Å². The lowest BCUT2D eigenvalue weighted by atomic mass is 9.81. The molecule has 1 aromatic rings. The van der Waals surface area contributed by atoms with E-state index < -0.39 is 5.92 Å². The number of hydrogen-bond acceptors (Lipinski definition) is 4. The van der Waals surface area contributed by atoms with Crippen LogP contribution in [0.3, 0.4) is 0 Å². The molecule has 2 bridgehead atoms. The summed E-state index contributed by atoms with van der Waals surface area (Å²) in [6.45, 7) is 5.80. The second kappa shape index (κ2) is 4.23. The molecule has 21 heavy (non-hydrogen) atoms. The number of aryl methyl sites for hydroxylation is 3. The van der Waals surface area contributed by atoms with Gasteiger partial charge < -0.3 is 4.74 Å². The van der Waals surface area contributed by atoms with E-state index in [2.05, 4.69) is 4.98 Å². The Labute approximate surface area is 123 Å². The van der Waals surface area contributed by atoms with E-state index in [-0.39, 0.29) is 35.6 Å². The zero-order valence-electron chi connectivity index (χ0n) is 12.6. The lowest BCUT2D eigenvalue weighted by Crippen LogP contribution is -2.29. The summed E-state index contributed by atoms with van der Waals surface area (Å²) in [6.07, 6.45) is 1.78. The lowest BCUT2D eigenvalue weighted by molar-refractivity contribution is -0.127. The summed E-state index contributed by atoms with van der Waals surface area (Å²) in [6, 6.07) is 1.96. The Morgan fingerprint density at radius 1 is 1.05 bits per heavy atom. The molecular formula is C17H19NO3. The number of Topliss-reactive ketones (excluding diaryl/α,β-unsaturated/α-hetero) is 2. The Kier molecular flexibility index (Phi) is 2.65. The van der Waals surface area contributed by atoms with Crippen molar-refractivity contribution >= 4 is 11.6 Å². The minimum atomic E-state index is -0.611. The van der Waals surface area contributed by atoms with E-state index in [0.717, 1.165) is 35.4 Å². The van der Waals surface area contributed by atoms with Crippen LogP contribution in [0.15, 0.2) is 6.07 Å². The summed E-state index contributed by atoms with van der Waals surface area (Å²) in [5.74, 6) is -0.897. The van der Waals surface area contributed by atoms with Crippen LogP contribution in [-0.4, -0.2) is 28.8 Å². The van der Waals surface area contributed by atoms with Crippen molar-refractivity contribution in [3.8, 4) is 0 Å². The van der Waals surface area contributed by atoms with E-state index in [1.807, 2.05) is 26.8 Å². The summed E-state index contributed by atoms with van der Waals surface area (Å²) >= 11 is 0. The summed E-state index contributed by atoms with van der Waals surface area (Å²) in [7, 11) is 0. The van der Waals surface area contributed by atoms with E-state index in [9.17, 15) is 9.59 Å². The SMILES string of the molecule is Cc1cc(C)c(C2C(=O)[C@@H]3[C@H](C2=O)[C@@H]2CC[C@H]3O2)c(C)n1. The van der Waals surface area contributed by atoms with Crippen LogP contribution in [0.25, 0.3) is 0 Å². The maximum Gasteiger partial charge on any atom is 0.154 e. The van der Waals surface area contributed by atoms with Crippen molar-refractivity contribution in [1.29, 1.82) is 0 Å². The largest absolute Gasteiger partial charge is 0.373 e. The minimum absolute atomic E-state index is 0.0273. The van der Waals surface area contributed by atoms with Crippen molar-refractivity contribution in [3.05, 3.63) is 28.6 Å². The predicted octanol–water partition coefficient (Wildman–Crippen LogP) is 2.04. The molecular weight excluding hydrogens is 266 g/mol. The van der Waals surface area contributed by atoms with Crippen LogP contribution in [0.1, 0.15) is 41.3 Å². The Morgan fingerprint density at radius 3 is 2.14 bits per heavy atom. The van der Waals surface area contributed by atoms with Gasteiger partial charge in [-0.3, -0.25) is 14.6 Å². The fourth-order valence-electron chi connectivity index (χ4n) is 4.68. The van der Waals surface area contributed by atoms with Gasteiger partial charge in [0.1, 0.15) is 5.92 Å². The average molecular weight is 285 g/mol. The van der Waals surface area contributed by atoms with E-state index in [1.54, 1.807) is 0 Å². The number of ether oxygens (including phenoxy) is 1. The van der Waals surface area contributed by atoms with Crippen molar-refractivity contribution in [2.75, 3.05) is 0 Å². The van der Waals surface area contributed by atoms with Gasteiger partial charge >= 0.3 is 0 Å². The smallest absolute Gasteiger partial charge is 0.154 e. The van der Waals surface area contributed by atoms with Gasteiger partial charge in [0.05, 0.1) is 24.0 Å². The molecule has 0 N–H and O–H groups in total. The maximum absolute atomic E-state index is 12.8. The third-order valence-electron chi connectivity index (χ3n) is 5.37. The Morgan fingerprint density at radius 2 is 1.62 bits per heavy atom. The Bertz CT molecular complexity index is 615. The average Bonchev–Trinajstić information content (AvgIpc) is 3.06. The van der Waals surface area contributed by atoms with Crippen molar-refractivity contribution in [2.45, 2.75) is 51.7 Å². The molecule has 4 nitrogen and oxygen atoms in total. The first-order chi connectivity index (χ1) is 9.99. The highest BCUT2D eigenvalue weighted by atomic mass is 16.5. The number of nitrogens with zero attached hydrogens (tertiary/aromatic N) is 1. The highest BCUT2D eigenvalue weighted by molar-refractivity contribution is 6.17. The number of rotatable bonds is 1. The second-order valence-electron chi connectivity index (χ2n) is 6.66. The monoisotopic (exact) mass is 285 g/mol. The molecule has 3 aliphatic rings. The summed E-state index contributed by atoms with van der Waals surface area (Å²) in [5, 5.41) is 0. The van der Waals surface area contributed by atoms with Gasteiger partial charge in [0.15, 0.2) is 11.6 Å². The normalized spacial score (nSPS) is 37.4. The topological polar surface area (TPSA) is 56.3 Å². The number of aromatic nitrogens is 1. The maximum atomic E-state index is 12.8. The predicted molar refractivity (Wildman–Crippen MR) is 76.1 cm³/mol. The molecule has 2 aliphatic heterocycles. The van der Waals surface area contributed by atoms with Gasteiger partial charge in [-0.2, -0.15) is 0 Å². The first kappa shape index (κ1) is 13.1. The molecule has 0 radical (unpaired) electrons. The number of ketones is 2. The number of carbonyl (C=O) groups is 2. The minimum Gasteiger partial charge on any atom is -0.373 e. The van der Waals surface area contributed by atoms with Gasteiger partial charge in [0, 0.05) is 11.4 Å². The van der Waals surface area contributed by atoms with Gasteiger partial charge in [-0.05, 0) is 50.8 Å². The molecule has 1 aliphatic carbocycles. The Hall–Kier alpha value is -1.55. The molecule has 4 rings (SSSR count). The van der Waals surface area contributed by atoms with Crippen molar-refractivity contribution in [3.63, 3.8) is 0 Å². The van der Waals surface area contributed by atoms with Gasteiger partial charge in [0.25, 0.3) is 0 Å². The molecule has 2 saturated heterocycles. The second-order valence-corrected chi connectivity index (χ2v) is 6.66. The molecule has 4 heteroatoms. The molecule has 1 unspecified atom stereocenters. The van der Waals surface area contributed by atoms with Crippen LogP contribution in [-0.2, 0) is 14.3 Å². The van der Waals surface area contributed by atoms with Crippen LogP contribution in [0.2, 0.25) is 0 Å². The summed E-state index contributed by atoms with van der Waals surface area (Å²) in [4.78, 5) is 30.2. The number of pyridine rings is 1. The first-order valence-corrected chi connectivity index (χ1v) is 7.66. The fraction of sp³-hybridized carbons (Fsp3) is 0.588. The third-order valence-corrected chi connectivity index (χ3v) is 5.37. The molecule has 110 valence electrons. The quantitative estimate of drug-likeness (QED) is 0.741. The highest BCUT2D eigenvalue weighted by Gasteiger charge is 2.63. The molecule has 0 amide bonds. The number of hydrogen-bond donors (Lipinski definition) is 0. The zero-order chi connectivity index (χ0) is 14.9. The van der Waals surface area contributed by atoms with Crippen LogP contribution in [0.4, 0.5) is 0 Å². The molecule has 5 atom stereocenters. The van der Waals surface area contributed by atoms with Crippen molar-refractivity contribution in [1.82, 2.24) is 4.98 Å². The molecule has 3 fully saturated rings. The summed E-state index contributed by atoms with van der Waals surface area (Å²) in [5.41, 5.74) is 3.58. The number of carbonyl (C=O) groups excluding carboxylic acids is 2. The van der Waals surface area contributed by atoms with E-state index >= 15 is 0 Å². The van der Waals surface area contributed by atoms with Crippen LogP contribution in [0, 0.1) is 32.6 Å². The van der Waals surface area contributed by atoms with Gasteiger partial charge in [0.2, 0.25) is 0 Å². The Balaban J connectivity index is 1.81. The molecule has 0 spiro atoms. The van der Waals surface area contributed by atoms with Gasteiger partial charge in [-0.15, -0.1) is 0 Å². The fourth-order valence-corrected chi connectivity index (χ4v) is 4.68. The van der Waals surface area contributed by atoms with Crippen LogP contribution < -0.4 is 0 Å². The summed E-state index contributed by atoms with van der Waals surface area (Å²) < 4.78 is 5.79. The van der Waals surface area contributed by atoms with Crippen molar-refractivity contribution in [2.24, 2.45) is 11.8 Å².